The highest BCUT2D eigenvalue weighted by Gasteiger charge is 2.36. The lowest BCUT2D eigenvalue weighted by Gasteiger charge is -2.23. The minimum atomic E-state index is -1.50. The molecule has 142 valence electrons. The van der Waals surface area contributed by atoms with E-state index in [1.165, 1.54) is 45.2 Å². The Morgan fingerprint density at radius 3 is 2.30 bits per heavy atom. The molecule has 2 amide bonds. The normalized spacial score (nSPS) is 10.9. The number of ether oxygens (including phenoxy) is 1. The van der Waals surface area contributed by atoms with Gasteiger partial charge < -0.3 is 15.4 Å². The quantitative estimate of drug-likeness (QED) is 0.597. The van der Waals surface area contributed by atoms with E-state index in [4.69, 9.17) is 11.6 Å². The maximum atomic E-state index is 13.2. The molecule has 2 aromatic carbocycles. The van der Waals surface area contributed by atoms with E-state index >= 15 is 0 Å². The van der Waals surface area contributed by atoms with Crippen molar-refractivity contribution in [3.05, 3.63) is 58.9 Å². The summed E-state index contributed by atoms with van der Waals surface area (Å²) in [6, 6.07) is 9.97. The Kier molecular flexibility index (Phi) is 6.17. The number of para-hydroxylation sites is 1. The number of benzene rings is 2. The maximum absolute atomic E-state index is 13.2. The number of amides is 2. The number of hydrogen-bond donors (Lipinski definition) is 2. The monoisotopic (exact) mass is 392 g/mol. The van der Waals surface area contributed by atoms with Crippen LogP contribution in [0.3, 0.4) is 0 Å². The van der Waals surface area contributed by atoms with Gasteiger partial charge in [-0.1, -0.05) is 23.7 Å². The van der Waals surface area contributed by atoms with E-state index in [1.807, 2.05) is 0 Å². The average Bonchev–Trinajstić information content (AvgIpc) is 2.64. The number of rotatable bonds is 5. The van der Waals surface area contributed by atoms with Crippen LogP contribution in [0.25, 0.3) is 0 Å². The molecule has 27 heavy (non-hydrogen) atoms. The highest BCUT2D eigenvalue weighted by molar-refractivity contribution is 6.31. The highest BCUT2D eigenvalue weighted by atomic mass is 35.5. The van der Waals surface area contributed by atoms with Gasteiger partial charge in [0.05, 0.1) is 23.4 Å². The van der Waals surface area contributed by atoms with Crippen LogP contribution in [0.1, 0.15) is 24.2 Å². The molecule has 0 saturated carbocycles. The molecule has 0 fully saturated rings. The molecular formula is C19H18ClFN2O4. The zero-order valence-corrected chi connectivity index (χ0v) is 15.7. The number of carbonyl (C=O) groups excluding carboxylic acids is 3. The zero-order valence-electron chi connectivity index (χ0n) is 14.9. The van der Waals surface area contributed by atoms with Gasteiger partial charge in [-0.05, 0) is 44.2 Å². The third-order valence-electron chi connectivity index (χ3n) is 3.89. The number of methoxy groups -OCH3 is 1. The molecule has 2 rings (SSSR count). The smallest absolute Gasteiger partial charge is 0.339 e. The topological polar surface area (TPSA) is 84.5 Å². The van der Waals surface area contributed by atoms with Gasteiger partial charge in [0.1, 0.15) is 11.2 Å². The number of nitrogens with one attached hydrogen (secondary N) is 2. The lowest BCUT2D eigenvalue weighted by atomic mass is 9.90. The van der Waals surface area contributed by atoms with E-state index in [0.717, 1.165) is 6.07 Å². The summed E-state index contributed by atoms with van der Waals surface area (Å²) in [4.78, 5) is 37.0. The largest absolute Gasteiger partial charge is 0.465 e. The van der Waals surface area contributed by atoms with Crippen molar-refractivity contribution in [3.63, 3.8) is 0 Å². The summed E-state index contributed by atoms with van der Waals surface area (Å²) in [6.07, 6.45) is 0. The summed E-state index contributed by atoms with van der Waals surface area (Å²) >= 11 is 5.69. The van der Waals surface area contributed by atoms with Crippen LogP contribution in [0, 0.1) is 11.2 Å². The van der Waals surface area contributed by atoms with Gasteiger partial charge in [-0.15, -0.1) is 0 Å². The number of esters is 1. The molecule has 6 nitrogen and oxygen atoms in total. The number of hydrogen-bond acceptors (Lipinski definition) is 4. The lowest BCUT2D eigenvalue weighted by Crippen LogP contribution is -2.41. The van der Waals surface area contributed by atoms with Crippen molar-refractivity contribution < 1.29 is 23.5 Å². The van der Waals surface area contributed by atoms with Crippen LogP contribution in [-0.2, 0) is 14.3 Å². The first-order chi connectivity index (χ1) is 12.7. The van der Waals surface area contributed by atoms with E-state index in [9.17, 15) is 18.8 Å². The highest BCUT2D eigenvalue weighted by Crippen LogP contribution is 2.25. The van der Waals surface area contributed by atoms with Crippen LogP contribution in [0.15, 0.2) is 42.5 Å². The molecule has 8 heteroatoms. The van der Waals surface area contributed by atoms with Crippen LogP contribution in [-0.4, -0.2) is 24.9 Å². The molecule has 0 unspecified atom stereocenters. The lowest BCUT2D eigenvalue weighted by molar-refractivity contribution is -0.135. The molecule has 0 aliphatic carbocycles. The van der Waals surface area contributed by atoms with Gasteiger partial charge in [-0.3, -0.25) is 9.59 Å². The third kappa shape index (κ3) is 4.62. The minimum absolute atomic E-state index is 0.151. The fourth-order valence-electron chi connectivity index (χ4n) is 2.12. The van der Waals surface area contributed by atoms with E-state index in [2.05, 4.69) is 15.4 Å². The van der Waals surface area contributed by atoms with Gasteiger partial charge in [0.15, 0.2) is 0 Å². The van der Waals surface area contributed by atoms with Crippen molar-refractivity contribution in [2.45, 2.75) is 13.8 Å². The maximum Gasteiger partial charge on any atom is 0.339 e. The summed E-state index contributed by atoms with van der Waals surface area (Å²) < 4.78 is 17.9. The first-order valence-electron chi connectivity index (χ1n) is 7.92. The molecule has 0 heterocycles. The molecule has 2 aromatic rings. The molecule has 0 bridgehead atoms. The Balaban J connectivity index is 2.18. The summed E-state index contributed by atoms with van der Waals surface area (Å²) in [5, 5.41) is 4.94. The second kappa shape index (κ2) is 8.18. The van der Waals surface area contributed by atoms with Gasteiger partial charge in [-0.2, -0.15) is 0 Å². The number of halogens is 2. The summed E-state index contributed by atoms with van der Waals surface area (Å²) in [7, 11) is 1.23. The summed E-state index contributed by atoms with van der Waals surface area (Å²) in [5.41, 5.74) is -0.860. The predicted octanol–water partition coefficient (Wildman–Crippen LogP) is 3.87. The number of anilines is 2. The Morgan fingerprint density at radius 2 is 1.67 bits per heavy atom. The van der Waals surface area contributed by atoms with E-state index in [1.54, 1.807) is 12.1 Å². The van der Waals surface area contributed by atoms with Crippen molar-refractivity contribution in [3.8, 4) is 0 Å². The van der Waals surface area contributed by atoms with Crippen molar-refractivity contribution in [1.82, 2.24) is 0 Å². The Hall–Kier alpha value is -2.93. The minimum Gasteiger partial charge on any atom is -0.465 e. The van der Waals surface area contributed by atoms with Gasteiger partial charge in [0.25, 0.3) is 0 Å². The third-order valence-corrected chi connectivity index (χ3v) is 4.18. The molecule has 0 spiro atoms. The standard InChI is InChI=1S/C19H18ClFN2O4/c1-19(2,17(25)22-11-8-9-14(21)13(20)10-11)18(26)23-15-7-5-4-6-12(15)16(24)27-3/h4-10H,1-3H3,(H,22,25)(H,23,26). The molecular weight excluding hydrogens is 375 g/mol. The number of carbonyl (C=O) groups is 3. The Labute approximate surface area is 160 Å². The second-order valence-electron chi connectivity index (χ2n) is 6.20. The van der Waals surface area contributed by atoms with E-state index in [-0.39, 0.29) is 22.0 Å². The molecule has 0 aliphatic rings. The van der Waals surface area contributed by atoms with Gasteiger partial charge >= 0.3 is 5.97 Å². The van der Waals surface area contributed by atoms with Crippen LogP contribution in [0.5, 0.6) is 0 Å². The summed E-state index contributed by atoms with van der Waals surface area (Å²) in [5.74, 6) is -2.50. The molecule has 0 aliphatic heterocycles. The first kappa shape index (κ1) is 20.4. The second-order valence-corrected chi connectivity index (χ2v) is 6.61. The van der Waals surface area contributed by atoms with E-state index < -0.39 is 29.0 Å². The molecule has 0 aromatic heterocycles. The van der Waals surface area contributed by atoms with Gasteiger partial charge in [-0.25, -0.2) is 9.18 Å². The first-order valence-corrected chi connectivity index (χ1v) is 8.30. The van der Waals surface area contributed by atoms with Gasteiger partial charge in [0, 0.05) is 5.69 Å². The Bertz CT molecular complexity index is 899. The Morgan fingerprint density at radius 1 is 1.04 bits per heavy atom. The van der Waals surface area contributed by atoms with Crippen molar-refractivity contribution in [2.75, 3.05) is 17.7 Å². The molecule has 0 radical (unpaired) electrons. The van der Waals surface area contributed by atoms with Gasteiger partial charge in [0.2, 0.25) is 11.8 Å². The zero-order chi connectivity index (χ0) is 20.2. The average molecular weight is 393 g/mol. The van der Waals surface area contributed by atoms with Crippen molar-refractivity contribution >= 4 is 40.8 Å². The van der Waals surface area contributed by atoms with Crippen molar-refractivity contribution in [1.29, 1.82) is 0 Å². The fourth-order valence-corrected chi connectivity index (χ4v) is 2.30. The van der Waals surface area contributed by atoms with E-state index in [0.29, 0.717) is 0 Å². The van der Waals surface area contributed by atoms with Crippen molar-refractivity contribution in [2.24, 2.45) is 5.41 Å². The van der Waals surface area contributed by atoms with Crippen LogP contribution < -0.4 is 10.6 Å². The van der Waals surface area contributed by atoms with Crippen LogP contribution >= 0.6 is 11.6 Å². The van der Waals surface area contributed by atoms with Crippen LogP contribution in [0.4, 0.5) is 15.8 Å². The summed E-state index contributed by atoms with van der Waals surface area (Å²) in [6.45, 7) is 2.84. The molecule has 2 N–H and O–H groups in total. The fraction of sp³-hybridized carbons (Fsp3) is 0.211. The predicted molar refractivity (Wildman–Crippen MR) is 100 cm³/mol. The SMILES string of the molecule is COC(=O)c1ccccc1NC(=O)C(C)(C)C(=O)Nc1ccc(F)c(Cl)c1. The molecule has 0 saturated heterocycles. The van der Waals surface area contributed by atoms with Crippen LogP contribution in [0.2, 0.25) is 5.02 Å². The molecule has 0 atom stereocenters.